The first-order valence-electron chi connectivity index (χ1n) is 10.4. The molecule has 1 heterocycles. The molecule has 0 atom stereocenters. The number of oxime groups is 1. The number of nitrogens with one attached hydrogen (secondary N) is 1. The van der Waals surface area contributed by atoms with Gasteiger partial charge in [-0.05, 0) is 44.4 Å². The number of hydrogen-bond acceptors (Lipinski definition) is 6. The average molecular weight is 433 g/mol. The maximum absolute atomic E-state index is 5.53. The Balaban J connectivity index is 1.87. The lowest BCUT2D eigenvalue weighted by Gasteiger charge is -2.21. The molecule has 1 aromatic heterocycles. The predicted molar refractivity (Wildman–Crippen MR) is 129 cm³/mol. The van der Waals surface area contributed by atoms with E-state index in [1.54, 1.807) is 14.2 Å². The Kier molecular flexibility index (Phi) is 5.97. The Morgan fingerprint density at radius 2 is 1.72 bits per heavy atom. The lowest BCUT2D eigenvalue weighted by Crippen LogP contribution is -2.28. The normalized spacial score (nSPS) is 13.2. The van der Waals surface area contributed by atoms with E-state index in [0.717, 1.165) is 57.8 Å². The number of ether oxygens (including phenoxy) is 2. The number of aromatic amines is 1. The molecular formula is C25H28N4O3. The fraction of sp³-hybridized carbons (Fsp3) is 0.320. The number of nitrogens with zero attached hydrogens (tertiary/aromatic N) is 3. The van der Waals surface area contributed by atoms with Gasteiger partial charge in [-0.2, -0.15) is 0 Å². The van der Waals surface area contributed by atoms with Crippen molar-refractivity contribution < 1.29 is 14.3 Å². The molecule has 0 radical (unpaired) electrons. The molecule has 2 aromatic carbocycles. The molecule has 7 heteroatoms. The van der Waals surface area contributed by atoms with Crippen molar-refractivity contribution in [2.24, 2.45) is 5.16 Å². The van der Waals surface area contributed by atoms with Crippen molar-refractivity contribution in [1.29, 1.82) is 0 Å². The van der Waals surface area contributed by atoms with E-state index < -0.39 is 0 Å². The maximum atomic E-state index is 5.53. The fourth-order valence-electron chi connectivity index (χ4n) is 3.99. The summed E-state index contributed by atoms with van der Waals surface area (Å²) in [5.74, 6) is 3.76. The van der Waals surface area contributed by atoms with Gasteiger partial charge < -0.3 is 29.1 Å². The van der Waals surface area contributed by atoms with Gasteiger partial charge in [0.25, 0.3) is 0 Å². The number of methoxy groups -OCH3 is 2. The minimum absolute atomic E-state index is 0.0995. The molecule has 4 rings (SSSR count). The number of likely N-dealkylation sites (N-methyl/N-ethyl adjacent to an activating group) is 2. The molecule has 0 bridgehead atoms. The third-order valence-corrected chi connectivity index (χ3v) is 5.69. The van der Waals surface area contributed by atoms with E-state index in [0.29, 0.717) is 11.5 Å². The van der Waals surface area contributed by atoms with Gasteiger partial charge in [0.1, 0.15) is 5.71 Å². The van der Waals surface area contributed by atoms with Crippen LogP contribution in [-0.2, 0) is 4.84 Å². The number of fused-ring (bicyclic) bond motifs is 5. The van der Waals surface area contributed by atoms with Crippen LogP contribution in [0.4, 0.5) is 5.69 Å². The Morgan fingerprint density at radius 1 is 1.00 bits per heavy atom. The van der Waals surface area contributed by atoms with E-state index in [4.69, 9.17) is 20.7 Å². The van der Waals surface area contributed by atoms with Crippen LogP contribution in [0.2, 0.25) is 0 Å². The third-order valence-electron chi connectivity index (χ3n) is 5.69. The Morgan fingerprint density at radius 3 is 2.38 bits per heavy atom. The van der Waals surface area contributed by atoms with E-state index >= 15 is 0 Å². The molecule has 0 spiro atoms. The lowest BCUT2D eigenvalue weighted by atomic mass is 10.0. The SMILES string of the molecule is C#CCON=C1c2cc(OC)c(OC)cc2-c2[nH]c3ccc(N(C)CCN(C)C)cc3c21. The van der Waals surface area contributed by atoms with Crippen molar-refractivity contribution >= 4 is 22.3 Å². The highest BCUT2D eigenvalue weighted by Crippen LogP contribution is 2.45. The zero-order chi connectivity index (χ0) is 22.8. The van der Waals surface area contributed by atoms with E-state index in [-0.39, 0.29) is 6.61 Å². The van der Waals surface area contributed by atoms with Gasteiger partial charge in [-0.15, -0.1) is 6.42 Å². The molecule has 32 heavy (non-hydrogen) atoms. The minimum atomic E-state index is 0.0995. The summed E-state index contributed by atoms with van der Waals surface area (Å²) in [6.45, 7) is 1.99. The first-order valence-corrected chi connectivity index (χ1v) is 10.4. The summed E-state index contributed by atoms with van der Waals surface area (Å²) in [5, 5.41) is 5.50. The van der Waals surface area contributed by atoms with Crippen LogP contribution in [0.5, 0.6) is 11.5 Å². The summed E-state index contributed by atoms with van der Waals surface area (Å²) >= 11 is 0. The van der Waals surface area contributed by atoms with Gasteiger partial charge in [-0.25, -0.2) is 0 Å². The fourth-order valence-corrected chi connectivity index (χ4v) is 3.99. The average Bonchev–Trinajstić information content (AvgIpc) is 3.30. The zero-order valence-electron chi connectivity index (χ0n) is 19.2. The number of benzene rings is 2. The van der Waals surface area contributed by atoms with Crippen LogP contribution in [0.25, 0.3) is 22.2 Å². The first kappa shape index (κ1) is 21.6. The molecule has 0 aliphatic heterocycles. The number of hydrogen-bond donors (Lipinski definition) is 1. The molecule has 1 N–H and O–H groups in total. The molecule has 0 unspecified atom stereocenters. The Hall–Kier alpha value is -3.63. The second-order valence-corrected chi connectivity index (χ2v) is 8.00. The highest BCUT2D eigenvalue weighted by atomic mass is 16.6. The van der Waals surface area contributed by atoms with Crippen LogP contribution >= 0.6 is 0 Å². The summed E-state index contributed by atoms with van der Waals surface area (Å²) in [7, 11) is 9.51. The van der Waals surface area contributed by atoms with Crippen molar-refractivity contribution in [3.05, 3.63) is 41.5 Å². The molecule has 166 valence electrons. The summed E-state index contributed by atoms with van der Waals surface area (Å²) in [5.41, 5.74) is 6.76. The van der Waals surface area contributed by atoms with Crippen LogP contribution < -0.4 is 14.4 Å². The van der Waals surface area contributed by atoms with Gasteiger partial charge in [0.15, 0.2) is 18.1 Å². The number of H-pyrrole nitrogens is 1. The standard InChI is InChI=1S/C25H28N4O3/c1-7-12-32-27-25-18-15-22(31-6)21(30-5)14-17(18)24-23(25)19-13-16(8-9-20(19)26-24)29(4)11-10-28(2)3/h1,8-9,13-15,26H,10-12H2,2-6H3. The topological polar surface area (TPSA) is 62.3 Å². The summed E-state index contributed by atoms with van der Waals surface area (Å²) in [6.07, 6.45) is 5.36. The highest BCUT2D eigenvalue weighted by molar-refractivity contribution is 6.30. The minimum Gasteiger partial charge on any atom is -0.493 e. The number of anilines is 1. The van der Waals surface area contributed by atoms with E-state index in [2.05, 4.69) is 65.2 Å². The van der Waals surface area contributed by atoms with E-state index in [9.17, 15) is 0 Å². The van der Waals surface area contributed by atoms with Crippen LogP contribution in [0.15, 0.2) is 35.5 Å². The van der Waals surface area contributed by atoms with E-state index in [1.165, 1.54) is 0 Å². The largest absolute Gasteiger partial charge is 0.493 e. The molecule has 0 saturated carbocycles. The van der Waals surface area contributed by atoms with Crippen LogP contribution in [-0.4, -0.2) is 70.7 Å². The van der Waals surface area contributed by atoms with Gasteiger partial charge >= 0.3 is 0 Å². The lowest BCUT2D eigenvalue weighted by molar-refractivity contribution is 0.180. The predicted octanol–water partition coefficient (Wildman–Crippen LogP) is 3.57. The van der Waals surface area contributed by atoms with Crippen LogP contribution in [0.3, 0.4) is 0 Å². The molecule has 1 aliphatic rings. The second kappa shape index (κ2) is 8.85. The third kappa shape index (κ3) is 3.74. The van der Waals surface area contributed by atoms with Gasteiger partial charge in [-0.3, -0.25) is 0 Å². The number of rotatable bonds is 8. The summed E-state index contributed by atoms with van der Waals surface area (Å²) in [4.78, 5) is 13.4. The van der Waals surface area contributed by atoms with Crippen molar-refractivity contribution in [3.8, 4) is 35.1 Å². The van der Waals surface area contributed by atoms with Gasteiger partial charge in [0, 0.05) is 53.4 Å². The molecule has 1 aliphatic carbocycles. The second-order valence-electron chi connectivity index (χ2n) is 8.00. The monoisotopic (exact) mass is 432 g/mol. The smallest absolute Gasteiger partial charge is 0.177 e. The van der Waals surface area contributed by atoms with Crippen molar-refractivity contribution in [2.45, 2.75) is 0 Å². The van der Waals surface area contributed by atoms with Crippen LogP contribution in [0.1, 0.15) is 11.1 Å². The first-order chi connectivity index (χ1) is 15.5. The van der Waals surface area contributed by atoms with Crippen molar-refractivity contribution in [1.82, 2.24) is 9.88 Å². The highest BCUT2D eigenvalue weighted by Gasteiger charge is 2.32. The van der Waals surface area contributed by atoms with Crippen LogP contribution in [0, 0.1) is 12.3 Å². The van der Waals surface area contributed by atoms with Crippen molar-refractivity contribution in [2.75, 3.05) is 60.0 Å². The maximum Gasteiger partial charge on any atom is 0.177 e. The number of terminal acetylenes is 1. The molecule has 7 nitrogen and oxygen atoms in total. The van der Waals surface area contributed by atoms with Gasteiger partial charge in [0.05, 0.1) is 19.9 Å². The van der Waals surface area contributed by atoms with Crippen molar-refractivity contribution in [3.63, 3.8) is 0 Å². The zero-order valence-corrected chi connectivity index (χ0v) is 19.2. The summed E-state index contributed by atoms with van der Waals surface area (Å²) < 4.78 is 11.1. The Labute approximate surface area is 188 Å². The molecule has 0 amide bonds. The van der Waals surface area contributed by atoms with Gasteiger partial charge in [-0.1, -0.05) is 11.1 Å². The van der Waals surface area contributed by atoms with E-state index in [1.807, 2.05) is 12.1 Å². The molecular weight excluding hydrogens is 404 g/mol. The number of aromatic nitrogens is 1. The Bertz CT molecular complexity index is 1220. The summed E-state index contributed by atoms with van der Waals surface area (Å²) in [6, 6.07) is 10.3. The quantitative estimate of drug-likeness (QED) is 0.262. The molecule has 0 saturated heterocycles. The van der Waals surface area contributed by atoms with Gasteiger partial charge in [0.2, 0.25) is 0 Å². The molecule has 3 aromatic rings. The molecule has 0 fully saturated rings.